The van der Waals surface area contributed by atoms with Gasteiger partial charge in [-0.3, -0.25) is 0 Å². The van der Waals surface area contributed by atoms with E-state index in [4.69, 9.17) is 11.6 Å². The first-order chi connectivity index (χ1) is 7.37. The highest BCUT2D eigenvalue weighted by Crippen LogP contribution is 2.25. The zero-order valence-corrected chi connectivity index (χ0v) is 12.0. The van der Waals surface area contributed by atoms with Gasteiger partial charge >= 0.3 is 0 Å². The lowest BCUT2D eigenvalue weighted by Gasteiger charge is -2.17. The summed E-state index contributed by atoms with van der Waals surface area (Å²) in [7, 11) is -1.72. The number of hydrogen-bond acceptors (Lipinski definition) is 3. The fourth-order valence-corrected chi connectivity index (χ4v) is 4.34. The van der Waals surface area contributed by atoms with Gasteiger partial charge in [-0.2, -0.15) is 4.31 Å². The smallest absolute Gasteiger partial charge is 0.206 e. The van der Waals surface area contributed by atoms with Crippen molar-refractivity contribution in [1.82, 2.24) is 4.31 Å². The lowest BCUT2D eigenvalue weighted by Crippen LogP contribution is -2.29. The van der Waals surface area contributed by atoms with Gasteiger partial charge in [-0.05, 0) is 18.1 Å². The number of halogens is 1. The third kappa shape index (κ3) is 3.20. The molecule has 1 rings (SSSR count). The third-order valence-corrected chi connectivity index (χ3v) is 5.88. The van der Waals surface area contributed by atoms with Crippen molar-refractivity contribution in [3.63, 3.8) is 0 Å². The molecule has 1 aromatic heterocycles. The van der Waals surface area contributed by atoms with Crippen molar-refractivity contribution < 1.29 is 8.42 Å². The van der Waals surface area contributed by atoms with Crippen LogP contribution in [-0.2, 0) is 15.9 Å². The Hall–Kier alpha value is -0.100. The SMILES string of the molecule is CC(C)CN(C)S(=O)(=O)c1ccc(CCl)s1. The summed E-state index contributed by atoms with van der Waals surface area (Å²) >= 11 is 6.89. The van der Waals surface area contributed by atoms with E-state index in [1.165, 1.54) is 15.6 Å². The maximum absolute atomic E-state index is 12.1. The number of alkyl halides is 1. The highest BCUT2D eigenvalue weighted by molar-refractivity contribution is 7.91. The quantitative estimate of drug-likeness (QED) is 0.778. The van der Waals surface area contributed by atoms with Gasteiger partial charge in [0.15, 0.2) is 0 Å². The molecule has 0 aliphatic rings. The summed E-state index contributed by atoms with van der Waals surface area (Å²) in [4.78, 5) is 0.873. The molecule has 1 aromatic rings. The molecule has 0 unspecified atom stereocenters. The van der Waals surface area contributed by atoms with E-state index in [0.717, 1.165) is 4.88 Å². The van der Waals surface area contributed by atoms with Gasteiger partial charge in [-0.1, -0.05) is 13.8 Å². The van der Waals surface area contributed by atoms with Crippen LogP contribution in [0.2, 0.25) is 0 Å². The fourth-order valence-electron chi connectivity index (χ4n) is 1.33. The maximum Gasteiger partial charge on any atom is 0.252 e. The number of sulfonamides is 1. The molecule has 0 N–H and O–H groups in total. The van der Waals surface area contributed by atoms with Crippen molar-refractivity contribution >= 4 is 33.0 Å². The molecule has 0 bridgehead atoms. The molecule has 0 amide bonds. The summed E-state index contributed by atoms with van der Waals surface area (Å²) in [6.45, 7) is 4.51. The van der Waals surface area contributed by atoms with Gasteiger partial charge in [0, 0.05) is 18.5 Å². The number of hydrogen-bond donors (Lipinski definition) is 0. The van der Waals surface area contributed by atoms with Crippen molar-refractivity contribution in [3.05, 3.63) is 17.0 Å². The van der Waals surface area contributed by atoms with E-state index in [1.54, 1.807) is 19.2 Å². The largest absolute Gasteiger partial charge is 0.252 e. The average Bonchev–Trinajstić information content (AvgIpc) is 2.65. The van der Waals surface area contributed by atoms with Crippen LogP contribution in [0.1, 0.15) is 18.7 Å². The second-order valence-corrected chi connectivity index (χ2v) is 7.74. The van der Waals surface area contributed by atoms with Gasteiger partial charge in [-0.15, -0.1) is 22.9 Å². The van der Waals surface area contributed by atoms with Crippen LogP contribution < -0.4 is 0 Å². The van der Waals surface area contributed by atoms with E-state index in [2.05, 4.69) is 0 Å². The fraction of sp³-hybridized carbons (Fsp3) is 0.600. The van der Waals surface area contributed by atoms with E-state index in [1.807, 2.05) is 13.8 Å². The summed E-state index contributed by atoms with van der Waals surface area (Å²) in [5, 5.41) is 0. The van der Waals surface area contributed by atoms with E-state index in [-0.39, 0.29) is 0 Å². The lowest BCUT2D eigenvalue weighted by atomic mass is 10.2. The van der Waals surface area contributed by atoms with Crippen LogP contribution in [-0.4, -0.2) is 26.3 Å². The van der Waals surface area contributed by atoms with E-state index in [9.17, 15) is 8.42 Å². The van der Waals surface area contributed by atoms with Crippen LogP contribution in [0.3, 0.4) is 0 Å². The van der Waals surface area contributed by atoms with Gasteiger partial charge in [0.25, 0.3) is 10.0 Å². The Morgan fingerprint density at radius 3 is 2.50 bits per heavy atom. The molecule has 0 radical (unpaired) electrons. The Balaban J connectivity index is 2.92. The Bertz CT molecular complexity index is 439. The van der Waals surface area contributed by atoms with Gasteiger partial charge in [0.2, 0.25) is 0 Å². The van der Waals surface area contributed by atoms with E-state index in [0.29, 0.717) is 22.6 Å². The van der Waals surface area contributed by atoms with Crippen LogP contribution in [0.25, 0.3) is 0 Å². The number of rotatable bonds is 5. The van der Waals surface area contributed by atoms with Crippen molar-refractivity contribution in [1.29, 1.82) is 0 Å². The van der Waals surface area contributed by atoms with Gasteiger partial charge in [0.05, 0.1) is 5.88 Å². The monoisotopic (exact) mass is 281 g/mol. The summed E-state index contributed by atoms with van der Waals surface area (Å²) in [5.74, 6) is 0.667. The molecular weight excluding hydrogens is 266 g/mol. The minimum Gasteiger partial charge on any atom is -0.206 e. The Kier molecular flexibility index (Phi) is 4.79. The molecule has 0 fully saturated rings. The summed E-state index contributed by atoms with van der Waals surface area (Å²) < 4.78 is 25.9. The highest BCUT2D eigenvalue weighted by Gasteiger charge is 2.23. The standard InChI is InChI=1S/C10H16ClNO2S2/c1-8(2)7-12(3)16(13,14)10-5-4-9(6-11)15-10/h4-5,8H,6-7H2,1-3H3. The average molecular weight is 282 g/mol. The molecule has 0 aliphatic carbocycles. The molecule has 0 aliphatic heterocycles. The van der Waals surface area contributed by atoms with Gasteiger partial charge < -0.3 is 0 Å². The van der Waals surface area contributed by atoms with Crippen LogP contribution in [0.5, 0.6) is 0 Å². The Labute approximate surface area is 106 Å². The minimum atomic E-state index is -3.33. The summed E-state index contributed by atoms with van der Waals surface area (Å²) in [5.41, 5.74) is 0. The summed E-state index contributed by atoms with van der Waals surface area (Å²) in [6.07, 6.45) is 0. The van der Waals surface area contributed by atoms with Crippen molar-refractivity contribution in [3.8, 4) is 0 Å². The Morgan fingerprint density at radius 2 is 2.06 bits per heavy atom. The van der Waals surface area contributed by atoms with Crippen LogP contribution in [0.4, 0.5) is 0 Å². The predicted molar refractivity (Wildman–Crippen MR) is 68.5 cm³/mol. The maximum atomic E-state index is 12.1. The first kappa shape index (κ1) is 14.0. The van der Waals surface area contributed by atoms with Crippen molar-refractivity contribution in [2.75, 3.05) is 13.6 Å². The number of nitrogens with zero attached hydrogens (tertiary/aromatic N) is 1. The molecule has 0 saturated carbocycles. The Morgan fingerprint density at radius 1 is 1.44 bits per heavy atom. The predicted octanol–water partition coefficient (Wildman–Crippen LogP) is 2.76. The van der Waals surface area contributed by atoms with Crippen LogP contribution in [0, 0.1) is 5.92 Å². The lowest BCUT2D eigenvalue weighted by molar-refractivity contribution is 0.418. The molecule has 16 heavy (non-hydrogen) atoms. The second kappa shape index (κ2) is 5.49. The zero-order valence-electron chi connectivity index (χ0n) is 9.60. The first-order valence-corrected chi connectivity index (χ1v) is 7.78. The third-order valence-electron chi connectivity index (χ3n) is 2.06. The van der Waals surface area contributed by atoms with E-state index < -0.39 is 10.0 Å². The molecule has 3 nitrogen and oxygen atoms in total. The van der Waals surface area contributed by atoms with Crippen molar-refractivity contribution in [2.45, 2.75) is 23.9 Å². The molecule has 92 valence electrons. The van der Waals surface area contributed by atoms with Crippen molar-refractivity contribution in [2.24, 2.45) is 5.92 Å². The summed E-state index contributed by atoms with van der Waals surface area (Å²) in [6, 6.07) is 3.38. The molecule has 0 saturated heterocycles. The first-order valence-electron chi connectivity index (χ1n) is 4.99. The zero-order chi connectivity index (χ0) is 12.3. The van der Waals surface area contributed by atoms with Gasteiger partial charge in [0.1, 0.15) is 4.21 Å². The molecular formula is C10H16ClNO2S2. The molecule has 0 spiro atoms. The minimum absolute atomic E-state index is 0.312. The van der Waals surface area contributed by atoms with Crippen LogP contribution in [0.15, 0.2) is 16.3 Å². The topological polar surface area (TPSA) is 37.4 Å². The van der Waals surface area contributed by atoms with Gasteiger partial charge in [-0.25, -0.2) is 8.42 Å². The molecule has 0 aromatic carbocycles. The normalized spacial score (nSPS) is 12.6. The highest BCUT2D eigenvalue weighted by atomic mass is 35.5. The number of thiophene rings is 1. The molecule has 1 heterocycles. The second-order valence-electron chi connectivity index (χ2n) is 4.03. The van der Waals surface area contributed by atoms with Crippen LogP contribution >= 0.6 is 22.9 Å². The molecule has 6 heteroatoms. The molecule has 0 atom stereocenters. The van der Waals surface area contributed by atoms with E-state index >= 15 is 0 Å².